The number of carboxylic acids is 1. The second kappa shape index (κ2) is 7.93. The van der Waals surface area contributed by atoms with Crippen molar-refractivity contribution in [3.8, 4) is 5.75 Å². The van der Waals surface area contributed by atoms with Crippen molar-refractivity contribution in [2.24, 2.45) is 4.99 Å². The van der Waals surface area contributed by atoms with E-state index in [1.54, 1.807) is 31.2 Å². The van der Waals surface area contributed by atoms with E-state index in [1.165, 1.54) is 12.1 Å². The van der Waals surface area contributed by atoms with Crippen LogP contribution in [0.1, 0.15) is 30.9 Å². The number of aliphatic imine (C=N–C) groups is 1. The normalized spacial score (nSPS) is 12.9. The summed E-state index contributed by atoms with van der Waals surface area (Å²) in [6.07, 6.45) is 0.316. The minimum absolute atomic E-state index is 0.0201. The summed E-state index contributed by atoms with van der Waals surface area (Å²) in [6.45, 7) is 1.77. The highest BCUT2D eigenvalue weighted by atomic mass is 35.5. The van der Waals surface area contributed by atoms with Crippen LogP contribution in [0.15, 0.2) is 47.5 Å². The molecule has 0 radical (unpaired) electrons. The maximum Gasteiger partial charge on any atom is 0.303 e. The number of benzene rings is 2. The van der Waals surface area contributed by atoms with Gasteiger partial charge in [-0.3, -0.25) is 9.79 Å². The molecule has 0 aromatic heterocycles. The van der Waals surface area contributed by atoms with E-state index in [0.717, 1.165) is 6.07 Å². The van der Waals surface area contributed by atoms with Crippen LogP contribution < -0.4 is 0 Å². The zero-order chi connectivity index (χ0) is 17.7. The van der Waals surface area contributed by atoms with Gasteiger partial charge in [-0.2, -0.15) is 0 Å². The zero-order valence-electron chi connectivity index (χ0n) is 13.0. The topological polar surface area (TPSA) is 69.9 Å². The fourth-order valence-electron chi connectivity index (χ4n) is 2.22. The van der Waals surface area contributed by atoms with Crippen molar-refractivity contribution in [2.45, 2.75) is 25.8 Å². The van der Waals surface area contributed by atoms with Gasteiger partial charge in [0.25, 0.3) is 0 Å². The van der Waals surface area contributed by atoms with Gasteiger partial charge in [0.2, 0.25) is 0 Å². The lowest BCUT2D eigenvalue weighted by molar-refractivity contribution is -0.137. The molecule has 2 aromatic carbocycles. The molecule has 4 nitrogen and oxygen atoms in total. The molecular weight excluding hydrogens is 333 g/mol. The number of nitrogens with zero attached hydrogens (tertiary/aromatic N) is 1. The third kappa shape index (κ3) is 4.80. The molecule has 2 rings (SSSR count). The molecule has 0 saturated heterocycles. The molecule has 126 valence electrons. The van der Waals surface area contributed by atoms with Crippen LogP contribution in [0.4, 0.5) is 4.39 Å². The maximum absolute atomic E-state index is 13.6. The molecule has 6 heteroatoms. The summed E-state index contributed by atoms with van der Waals surface area (Å²) in [5, 5.41) is 19.4. The molecule has 2 N–H and O–H groups in total. The molecule has 0 amide bonds. The Bertz CT molecular complexity index is 759. The van der Waals surface area contributed by atoms with E-state index in [0.29, 0.717) is 22.7 Å². The van der Waals surface area contributed by atoms with E-state index in [-0.39, 0.29) is 23.8 Å². The number of aromatic hydroxyl groups is 1. The molecule has 2 aromatic rings. The molecule has 0 aliphatic rings. The highest BCUT2D eigenvalue weighted by molar-refractivity contribution is 6.30. The van der Waals surface area contributed by atoms with Crippen LogP contribution in [0.2, 0.25) is 5.02 Å². The van der Waals surface area contributed by atoms with Gasteiger partial charge in [-0.25, -0.2) is 4.39 Å². The van der Waals surface area contributed by atoms with E-state index in [2.05, 4.69) is 4.99 Å². The molecule has 1 atom stereocenters. The number of aliphatic carboxylic acids is 1. The fourth-order valence-corrected chi connectivity index (χ4v) is 2.35. The van der Waals surface area contributed by atoms with Gasteiger partial charge >= 0.3 is 5.97 Å². The van der Waals surface area contributed by atoms with Gasteiger partial charge in [0.05, 0.1) is 5.71 Å². The number of carbonyl (C=O) groups is 1. The van der Waals surface area contributed by atoms with Crippen LogP contribution in [0.3, 0.4) is 0 Å². The van der Waals surface area contributed by atoms with E-state index in [4.69, 9.17) is 16.7 Å². The van der Waals surface area contributed by atoms with E-state index < -0.39 is 11.8 Å². The molecule has 0 aliphatic heterocycles. The first-order valence-electron chi connectivity index (χ1n) is 7.41. The monoisotopic (exact) mass is 349 g/mol. The predicted molar refractivity (Wildman–Crippen MR) is 91.5 cm³/mol. The number of rotatable bonds is 6. The largest absolute Gasteiger partial charge is 0.507 e. The minimum Gasteiger partial charge on any atom is -0.507 e. The third-order valence-electron chi connectivity index (χ3n) is 3.46. The highest BCUT2D eigenvalue weighted by Crippen LogP contribution is 2.24. The van der Waals surface area contributed by atoms with Crippen molar-refractivity contribution in [3.05, 3.63) is 64.4 Å². The Morgan fingerprint density at radius 1 is 1.25 bits per heavy atom. The van der Waals surface area contributed by atoms with Gasteiger partial charge in [0.1, 0.15) is 11.6 Å². The van der Waals surface area contributed by atoms with Crippen LogP contribution in [0.5, 0.6) is 5.75 Å². The molecule has 1 unspecified atom stereocenters. The lowest BCUT2D eigenvalue weighted by atomic mass is 10.0. The number of carboxylic acid groups (broad SMARTS) is 1. The summed E-state index contributed by atoms with van der Waals surface area (Å²) in [5.74, 6) is -1.50. The quantitative estimate of drug-likeness (QED) is 0.765. The Kier molecular flexibility index (Phi) is 5.93. The van der Waals surface area contributed by atoms with Gasteiger partial charge < -0.3 is 10.2 Å². The first kappa shape index (κ1) is 17.9. The van der Waals surface area contributed by atoms with Gasteiger partial charge in [-0.1, -0.05) is 23.7 Å². The first-order chi connectivity index (χ1) is 11.4. The van der Waals surface area contributed by atoms with Crippen LogP contribution in [0.25, 0.3) is 0 Å². The van der Waals surface area contributed by atoms with Gasteiger partial charge in [0.15, 0.2) is 0 Å². The number of phenols is 1. The number of hydrogen-bond donors (Lipinski definition) is 2. The molecule has 24 heavy (non-hydrogen) atoms. The lowest BCUT2D eigenvalue weighted by Gasteiger charge is -2.13. The van der Waals surface area contributed by atoms with Crippen molar-refractivity contribution in [1.82, 2.24) is 0 Å². The molecule has 0 fully saturated rings. The van der Waals surface area contributed by atoms with Crippen molar-refractivity contribution in [3.63, 3.8) is 0 Å². The SMILES string of the molecule is CC(CCC(=O)O)N=C(c1ccc(Cl)cc1)c1cc(F)ccc1O. The summed E-state index contributed by atoms with van der Waals surface area (Å²) in [5.41, 5.74) is 1.29. The zero-order valence-corrected chi connectivity index (χ0v) is 13.8. The molecule has 0 aliphatic carbocycles. The Hall–Kier alpha value is -2.40. The summed E-state index contributed by atoms with van der Waals surface area (Å²) in [6, 6.07) is 10.1. The van der Waals surface area contributed by atoms with Crippen LogP contribution in [-0.2, 0) is 4.79 Å². The van der Waals surface area contributed by atoms with E-state index >= 15 is 0 Å². The maximum atomic E-state index is 13.6. The molecular formula is C18H17ClFNO3. The highest BCUT2D eigenvalue weighted by Gasteiger charge is 2.15. The van der Waals surface area contributed by atoms with Crippen molar-refractivity contribution < 1.29 is 19.4 Å². The second-order valence-corrected chi connectivity index (χ2v) is 5.86. The number of halogens is 2. The molecule has 0 saturated carbocycles. The third-order valence-corrected chi connectivity index (χ3v) is 3.71. The smallest absolute Gasteiger partial charge is 0.303 e. The lowest BCUT2D eigenvalue weighted by Crippen LogP contribution is -2.11. The van der Waals surface area contributed by atoms with E-state index in [1.807, 2.05) is 0 Å². The number of hydrogen-bond acceptors (Lipinski definition) is 3. The Morgan fingerprint density at radius 3 is 2.54 bits per heavy atom. The second-order valence-electron chi connectivity index (χ2n) is 5.43. The summed E-state index contributed by atoms with van der Waals surface area (Å²) in [7, 11) is 0. The summed E-state index contributed by atoms with van der Waals surface area (Å²) < 4.78 is 13.6. The average Bonchev–Trinajstić information content (AvgIpc) is 2.54. The van der Waals surface area contributed by atoms with Crippen molar-refractivity contribution in [1.29, 1.82) is 0 Å². The van der Waals surface area contributed by atoms with Crippen LogP contribution in [-0.4, -0.2) is 27.9 Å². The van der Waals surface area contributed by atoms with Gasteiger partial charge in [0, 0.05) is 28.6 Å². The fraction of sp³-hybridized carbons (Fsp3) is 0.222. The van der Waals surface area contributed by atoms with Crippen LogP contribution in [0, 0.1) is 5.82 Å². The molecule has 0 heterocycles. The Balaban J connectivity index is 2.46. The van der Waals surface area contributed by atoms with Crippen LogP contribution >= 0.6 is 11.6 Å². The molecule has 0 spiro atoms. The average molecular weight is 350 g/mol. The standard InChI is InChI=1S/C18H17ClFNO3/c1-11(2-9-17(23)24)21-18(12-3-5-13(19)6-4-12)15-10-14(20)7-8-16(15)22/h3-8,10-11,22H,2,9H2,1H3,(H,23,24). The van der Waals surface area contributed by atoms with E-state index in [9.17, 15) is 14.3 Å². The molecule has 0 bridgehead atoms. The Labute approximate surface area is 144 Å². The minimum atomic E-state index is -0.904. The Morgan fingerprint density at radius 2 is 1.92 bits per heavy atom. The predicted octanol–water partition coefficient (Wildman–Crippen LogP) is 4.28. The van der Waals surface area contributed by atoms with Crippen molar-refractivity contribution >= 4 is 23.3 Å². The summed E-state index contributed by atoms with van der Waals surface area (Å²) in [4.78, 5) is 15.2. The number of phenolic OH excluding ortho intramolecular Hbond substituents is 1. The van der Waals surface area contributed by atoms with Gasteiger partial charge in [-0.15, -0.1) is 0 Å². The van der Waals surface area contributed by atoms with Gasteiger partial charge in [-0.05, 0) is 43.7 Å². The first-order valence-corrected chi connectivity index (χ1v) is 7.79. The van der Waals surface area contributed by atoms with Crippen molar-refractivity contribution in [2.75, 3.05) is 0 Å². The summed E-state index contributed by atoms with van der Waals surface area (Å²) >= 11 is 5.89.